The third-order valence-corrected chi connectivity index (χ3v) is 7.32. The zero-order valence-electron chi connectivity index (χ0n) is 19.0. The molecule has 0 saturated carbocycles. The van der Waals surface area contributed by atoms with Crippen LogP contribution in [0.25, 0.3) is 10.9 Å². The number of aromatic nitrogens is 2. The van der Waals surface area contributed by atoms with Gasteiger partial charge in [-0.05, 0) is 35.9 Å². The number of nitriles is 1. The largest absolute Gasteiger partial charge is 0.368 e. The summed E-state index contributed by atoms with van der Waals surface area (Å²) in [5.74, 6) is 1.03. The van der Waals surface area contributed by atoms with Gasteiger partial charge < -0.3 is 19.4 Å². The van der Waals surface area contributed by atoms with E-state index in [1.54, 1.807) is 13.6 Å². The molecule has 5 heterocycles. The number of anilines is 2. The number of carbonyl (C=O) groups excluding carboxylic acids is 1. The Labute approximate surface area is 199 Å². The van der Waals surface area contributed by atoms with Crippen LogP contribution in [0.15, 0.2) is 42.6 Å². The lowest BCUT2D eigenvalue weighted by Crippen LogP contribution is -2.48. The van der Waals surface area contributed by atoms with Crippen molar-refractivity contribution >= 4 is 36.0 Å². The van der Waals surface area contributed by atoms with Crippen molar-refractivity contribution in [1.29, 1.82) is 5.26 Å². The van der Waals surface area contributed by atoms with E-state index >= 15 is 0 Å². The number of benzene rings is 1. The number of hydrogen-bond acceptors (Lipinski definition) is 8. The quantitative estimate of drug-likeness (QED) is 0.440. The maximum absolute atomic E-state index is 10.7. The Morgan fingerprint density at radius 1 is 1.03 bits per heavy atom. The predicted molar refractivity (Wildman–Crippen MR) is 132 cm³/mol. The fourth-order valence-electron chi connectivity index (χ4n) is 5.53. The first-order valence-corrected chi connectivity index (χ1v) is 11.8. The van der Waals surface area contributed by atoms with Gasteiger partial charge in [0.15, 0.2) is 0 Å². The number of piperazine rings is 2. The Morgan fingerprint density at radius 3 is 2.71 bits per heavy atom. The van der Waals surface area contributed by atoms with Crippen molar-refractivity contribution in [3.05, 3.63) is 59.4 Å². The van der Waals surface area contributed by atoms with Crippen LogP contribution in [0.3, 0.4) is 0 Å². The molecule has 0 bridgehead atoms. The number of rotatable bonds is 4. The molecule has 0 spiro atoms. The molecule has 0 amide bonds. The van der Waals surface area contributed by atoms with Gasteiger partial charge in [0.05, 0.1) is 29.0 Å². The molecule has 3 aliphatic rings. The van der Waals surface area contributed by atoms with Gasteiger partial charge in [-0.3, -0.25) is 9.88 Å². The van der Waals surface area contributed by atoms with Gasteiger partial charge in [-0.1, -0.05) is 6.07 Å². The van der Waals surface area contributed by atoms with Crippen molar-refractivity contribution in [1.82, 2.24) is 19.7 Å². The molecule has 0 aliphatic carbocycles. The second-order valence-corrected chi connectivity index (χ2v) is 9.09. The number of carbonyl (C=O) groups is 1. The molecule has 2 saturated heterocycles. The topological polar surface area (TPSA) is 79.6 Å². The molecule has 2 aromatic heterocycles. The standard InChI is InChI=1S/C25H25BN7O/c27-14-18-3-5-22(20-2-1-7-28-25(18)20)32-9-8-31-15-21-19(23(31)16-32)4-6-24(29-21)30-10-12-33(13-11-30)26-17-34/h1-7,17,23H,8-13,15-16H2/t23-/m1/s1. The molecule has 1 atom stereocenters. The zero-order valence-corrected chi connectivity index (χ0v) is 19.0. The minimum absolute atomic E-state index is 0.312. The molecule has 0 unspecified atom stereocenters. The van der Waals surface area contributed by atoms with Crippen LogP contribution in [0.2, 0.25) is 0 Å². The summed E-state index contributed by atoms with van der Waals surface area (Å²) < 4.78 is 0. The maximum Gasteiger partial charge on any atom is 0.293 e. The lowest BCUT2D eigenvalue weighted by Gasteiger charge is -2.39. The number of fused-ring (bicyclic) bond motifs is 4. The van der Waals surface area contributed by atoms with Gasteiger partial charge in [-0.2, -0.15) is 5.26 Å². The van der Waals surface area contributed by atoms with Gasteiger partial charge in [0.2, 0.25) is 0 Å². The Balaban J connectivity index is 1.23. The summed E-state index contributed by atoms with van der Waals surface area (Å²) in [5, 5.41) is 10.5. The van der Waals surface area contributed by atoms with Crippen LogP contribution in [0.1, 0.15) is 22.9 Å². The lowest BCUT2D eigenvalue weighted by molar-refractivity contribution is 0.194. The van der Waals surface area contributed by atoms with E-state index in [1.807, 2.05) is 12.1 Å². The van der Waals surface area contributed by atoms with Crippen molar-refractivity contribution in [2.45, 2.75) is 12.6 Å². The zero-order chi connectivity index (χ0) is 23.1. The summed E-state index contributed by atoms with van der Waals surface area (Å²) in [5.41, 5.74) is 5.03. The first-order chi connectivity index (χ1) is 16.7. The van der Waals surface area contributed by atoms with Crippen LogP contribution >= 0.6 is 0 Å². The Hall–Kier alpha value is -3.48. The molecule has 0 N–H and O–H groups in total. The minimum atomic E-state index is 0.312. The third kappa shape index (κ3) is 3.60. The summed E-state index contributed by atoms with van der Waals surface area (Å²) in [7, 11) is 1.63. The van der Waals surface area contributed by atoms with Crippen molar-refractivity contribution in [3.63, 3.8) is 0 Å². The average molecular weight is 450 g/mol. The summed E-state index contributed by atoms with van der Waals surface area (Å²) in [6, 6.07) is 15.0. The highest BCUT2D eigenvalue weighted by molar-refractivity contribution is 6.64. The van der Waals surface area contributed by atoms with E-state index in [0.717, 1.165) is 81.0 Å². The lowest BCUT2D eigenvalue weighted by atomic mass is 9.93. The average Bonchev–Trinajstić information content (AvgIpc) is 3.26. The summed E-state index contributed by atoms with van der Waals surface area (Å²) in [4.78, 5) is 29.6. The predicted octanol–water partition coefficient (Wildman–Crippen LogP) is 1.81. The Kier molecular flexibility index (Phi) is 5.40. The molecule has 3 aliphatic heterocycles. The van der Waals surface area contributed by atoms with Crippen molar-refractivity contribution in [2.75, 3.05) is 55.6 Å². The highest BCUT2D eigenvalue weighted by Gasteiger charge is 2.36. The van der Waals surface area contributed by atoms with E-state index < -0.39 is 0 Å². The van der Waals surface area contributed by atoms with Crippen molar-refractivity contribution in [2.24, 2.45) is 0 Å². The molecule has 169 valence electrons. The molecular formula is C25H25BN7O. The summed E-state index contributed by atoms with van der Waals surface area (Å²) in [6.45, 7) is 7.11. The molecule has 1 aromatic carbocycles. The SMILES string of the molecule is N#Cc1ccc(N2CCN3Cc4nc(N5CCN([B]C=O)CC5)ccc4[C@H]3C2)c2cccnc12. The van der Waals surface area contributed by atoms with Crippen molar-refractivity contribution < 1.29 is 4.79 Å². The van der Waals surface area contributed by atoms with E-state index in [0.29, 0.717) is 11.6 Å². The van der Waals surface area contributed by atoms with E-state index in [9.17, 15) is 10.1 Å². The Bertz CT molecular complexity index is 1280. The van der Waals surface area contributed by atoms with Crippen LogP contribution in [-0.2, 0) is 11.3 Å². The molecule has 34 heavy (non-hydrogen) atoms. The van der Waals surface area contributed by atoms with E-state index in [-0.39, 0.29) is 0 Å². The summed E-state index contributed by atoms with van der Waals surface area (Å²) in [6.07, 6.45) is 2.61. The number of hydrogen-bond donors (Lipinski definition) is 0. The van der Waals surface area contributed by atoms with Crippen LogP contribution in [-0.4, -0.2) is 79.1 Å². The molecule has 1 radical (unpaired) electrons. The number of nitrogens with zero attached hydrogens (tertiary/aromatic N) is 7. The van der Waals surface area contributed by atoms with Gasteiger partial charge in [0.1, 0.15) is 11.9 Å². The molecule has 6 rings (SSSR count). The summed E-state index contributed by atoms with van der Waals surface area (Å²) >= 11 is 0. The van der Waals surface area contributed by atoms with Gasteiger partial charge >= 0.3 is 0 Å². The maximum atomic E-state index is 10.7. The van der Waals surface area contributed by atoms with Gasteiger partial charge in [0, 0.05) is 69.6 Å². The van der Waals surface area contributed by atoms with Crippen LogP contribution in [0.5, 0.6) is 0 Å². The number of pyridine rings is 2. The van der Waals surface area contributed by atoms with E-state index in [2.05, 4.69) is 54.8 Å². The molecule has 3 aromatic rings. The smallest absolute Gasteiger partial charge is 0.293 e. The highest BCUT2D eigenvalue weighted by atomic mass is 16.1. The van der Waals surface area contributed by atoms with Crippen molar-refractivity contribution in [3.8, 4) is 6.07 Å². The van der Waals surface area contributed by atoms with Gasteiger partial charge in [-0.15, -0.1) is 0 Å². The molecule has 8 nitrogen and oxygen atoms in total. The van der Waals surface area contributed by atoms with E-state index in [1.165, 1.54) is 11.3 Å². The Morgan fingerprint density at radius 2 is 1.88 bits per heavy atom. The van der Waals surface area contributed by atoms with Gasteiger partial charge in [0.25, 0.3) is 7.41 Å². The first-order valence-electron chi connectivity index (χ1n) is 11.8. The second kappa shape index (κ2) is 8.71. The van der Waals surface area contributed by atoms with Gasteiger partial charge in [-0.25, -0.2) is 4.98 Å². The fourth-order valence-corrected chi connectivity index (χ4v) is 5.53. The molecule has 2 fully saturated rings. The minimum Gasteiger partial charge on any atom is -0.368 e. The normalized spacial score (nSPS) is 20.6. The third-order valence-electron chi connectivity index (χ3n) is 7.32. The van der Waals surface area contributed by atoms with Crippen LogP contribution in [0.4, 0.5) is 11.5 Å². The molecule has 9 heteroatoms. The first kappa shape index (κ1) is 21.1. The van der Waals surface area contributed by atoms with Crippen LogP contribution in [0, 0.1) is 11.3 Å². The monoisotopic (exact) mass is 450 g/mol. The second-order valence-electron chi connectivity index (χ2n) is 9.09. The van der Waals surface area contributed by atoms with E-state index in [4.69, 9.17) is 4.98 Å². The fraction of sp³-hybridized carbons (Fsp3) is 0.360. The molecular weight excluding hydrogens is 425 g/mol. The highest BCUT2D eigenvalue weighted by Crippen LogP contribution is 2.39. The van der Waals surface area contributed by atoms with Crippen LogP contribution < -0.4 is 9.80 Å².